The van der Waals surface area contributed by atoms with Crippen molar-refractivity contribution in [2.45, 2.75) is 31.0 Å². The van der Waals surface area contributed by atoms with E-state index in [0.29, 0.717) is 12.2 Å². The van der Waals surface area contributed by atoms with Gasteiger partial charge < -0.3 is 10.1 Å². The largest absolute Gasteiger partial charge is 0.368 e. The lowest BCUT2D eigenvalue weighted by molar-refractivity contribution is -0.114. The molecule has 1 fully saturated rings. The number of morpholine rings is 1. The Bertz CT molecular complexity index is 866. The van der Waals surface area contributed by atoms with Gasteiger partial charge in [-0.25, -0.2) is 8.42 Å². The minimum atomic E-state index is -3.64. The van der Waals surface area contributed by atoms with Crippen LogP contribution in [0.1, 0.15) is 25.5 Å². The lowest BCUT2D eigenvalue weighted by Crippen LogP contribution is -2.45. The third-order valence-electron chi connectivity index (χ3n) is 4.21. The van der Waals surface area contributed by atoms with Crippen molar-refractivity contribution < 1.29 is 17.9 Å². The van der Waals surface area contributed by atoms with Gasteiger partial charge in [-0.1, -0.05) is 30.3 Å². The number of sulfonamides is 1. The maximum Gasteiger partial charge on any atom is 0.243 e. The third kappa shape index (κ3) is 4.12. The van der Waals surface area contributed by atoms with Gasteiger partial charge in [-0.05, 0) is 36.8 Å². The fraction of sp³-hybridized carbons (Fsp3) is 0.316. The Morgan fingerprint density at radius 2 is 1.73 bits per heavy atom. The van der Waals surface area contributed by atoms with Gasteiger partial charge >= 0.3 is 0 Å². The number of hydrogen-bond donors (Lipinski definition) is 1. The summed E-state index contributed by atoms with van der Waals surface area (Å²) in [7, 11) is -3.64. The number of carbonyl (C=O) groups excluding carboxylic acids is 1. The Labute approximate surface area is 153 Å². The monoisotopic (exact) mass is 374 g/mol. The predicted octanol–water partition coefficient (Wildman–Crippen LogP) is 2.80. The molecule has 0 aromatic heterocycles. The standard InChI is InChI=1S/C19H22N2O4S/c1-14-12-21(13-19(25-14)16-6-4-3-5-7-16)26(23,24)18-10-8-17(9-11-18)20-15(2)22/h3-11,14,19H,12-13H2,1-2H3,(H,20,22). The third-order valence-corrected chi connectivity index (χ3v) is 6.06. The van der Waals surface area contributed by atoms with E-state index in [4.69, 9.17) is 4.74 Å². The van der Waals surface area contributed by atoms with Crippen molar-refractivity contribution >= 4 is 21.6 Å². The molecular formula is C19H22N2O4S. The number of anilines is 1. The molecule has 1 aliphatic rings. The van der Waals surface area contributed by atoms with E-state index in [1.807, 2.05) is 37.3 Å². The molecule has 1 heterocycles. The molecule has 0 bridgehead atoms. The van der Waals surface area contributed by atoms with Crippen LogP contribution in [0.5, 0.6) is 0 Å². The van der Waals surface area contributed by atoms with Gasteiger partial charge in [0.05, 0.1) is 17.1 Å². The fourth-order valence-electron chi connectivity index (χ4n) is 3.02. The van der Waals surface area contributed by atoms with Gasteiger partial charge in [0, 0.05) is 25.7 Å². The van der Waals surface area contributed by atoms with Crippen molar-refractivity contribution in [3.05, 3.63) is 60.2 Å². The van der Waals surface area contributed by atoms with Crippen LogP contribution in [0.4, 0.5) is 5.69 Å². The molecule has 2 aromatic carbocycles. The molecule has 0 saturated carbocycles. The van der Waals surface area contributed by atoms with Gasteiger partial charge in [0.15, 0.2) is 0 Å². The second kappa shape index (κ2) is 7.57. The van der Waals surface area contributed by atoms with E-state index in [9.17, 15) is 13.2 Å². The minimum Gasteiger partial charge on any atom is -0.368 e. The van der Waals surface area contributed by atoms with E-state index in [1.54, 1.807) is 12.1 Å². The molecular weight excluding hydrogens is 352 g/mol. The first-order valence-electron chi connectivity index (χ1n) is 8.44. The summed E-state index contributed by atoms with van der Waals surface area (Å²) in [6, 6.07) is 15.8. The van der Waals surface area contributed by atoms with Gasteiger partial charge in [0.2, 0.25) is 15.9 Å². The number of nitrogens with zero attached hydrogens (tertiary/aromatic N) is 1. The Morgan fingerprint density at radius 1 is 1.08 bits per heavy atom. The van der Waals surface area contributed by atoms with Crippen LogP contribution in [0.2, 0.25) is 0 Å². The minimum absolute atomic E-state index is 0.201. The van der Waals surface area contributed by atoms with Gasteiger partial charge in [0.25, 0.3) is 0 Å². The SMILES string of the molecule is CC(=O)Nc1ccc(S(=O)(=O)N2CC(C)OC(c3ccccc3)C2)cc1. The van der Waals surface area contributed by atoms with Crippen molar-refractivity contribution in [3.63, 3.8) is 0 Å². The number of nitrogens with one attached hydrogen (secondary N) is 1. The quantitative estimate of drug-likeness (QED) is 0.893. The maximum absolute atomic E-state index is 13.0. The van der Waals surface area contributed by atoms with Crippen LogP contribution in [0.3, 0.4) is 0 Å². The second-order valence-corrected chi connectivity index (χ2v) is 8.31. The summed E-state index contributed by atoms with van der Waals surface area (Å²) >= 11 is 0. The average Bonchev–Trinajstić information content (AvgIpc) is 2.62. The molecule has 1 aliphatic heterocycles. The number of ether oxygens (including phenoxy) is 1. The van der Waals surface area contributed by atoms with Crippen LogP contribution in [0, 0.1) is 0 Å². The first kappa shape index (κ1) is 18.6. The van der Waals surface area contributed by atoms with E-state index in [1.165, 1.54) is 23.4 Å². The molecule has 2 atom stereocenters. The fourth-order valence-corrected chi connectivity index (χ4v) is 4.54. The normalized spacial score (nSPS) is 21.3. The molecule has 3 rings (SSSR count). The zero-order chi connectivity index (χ0) is 18.7. The summed E-state index contributed by atoms with van der Waals surface area (Å²) in [6.45, 7) is 3.85. The van der Waals surface area contributed by atoms with Crippen molar-refractivity contribution in [3.8, 4) is 0 Å². The Balaban J connectivity index is 1.82. The van der Waals surface area contributed by atoms with E-state index in [-0.39, 0.29) is 29.6 Å². The molecule has 0 spiro atoms. The van der Waals surface area contributed by atoms with Gasteiger partial charge in [0.1, 0.15) is 0 Å². The summed E-state index contributed by atoms with van der Waals surface area (Å²) in [5.41, 5.74) is 1.52. The molecule has 1 amide bonds. The molecule has 6 nitrogen and oxygen atoms in total. The second-order valence-electron chi connectivity index (χ2n) is 6.37. The van der Waals surface area contributed by atoms with E-state index >= 15 is 0 Å². The predicted molar refractivity (Wildman–Crippen MR) is 99.2 cm³/mol. The summed E-state index contributed by atoms with van der Waals surface area (Å²) in [5, 5.41) is 2.63. The Hall–Kier alpha value is -2.22. The van der Waals surface area contributed by atoms with Gasteiger partial charge in [-0.2, -0.15) is 4.31 Å². The van der Waals surface area contributed by atoms with Gasteiger partial charge in [-0.3, -0.25) is 4.79 Å². The molecule has 138 valence electrons. The van der Waals surface area contributed by atoms with E-state index < -0.39 is 10.0 Å². The molecule has 1 N–H and O–H groups in total. The smallest absolute Gasteiger partial charge is 0.243 e. The topological polar surface area (TPSA) is 75.7 Å². The van der Waals surface area contributed by atoms with E-state index in [2.05, 4.69) is 5.32 Å². The molecule has 0 aliphatic carbocycles. The van der Waals surface area contributed by atoms with Gasteiger partial charge in [-0.15, -0.1) is 0 Å². The summed E-state index contributed by atoms with van der Waals surface area (Å²) in [4.78, 5) is 11.3. The number of carbonyl (C=O) groups is 1. The summed E-state index contributed by atoms with van der Waals surface area (Å²) < 4.78 is 33.5. The van der Waals surface area contributed by atoms with Crippen LogP contribution in [-0.4, -0.2) is 37.8 Å². The zero-order valence-corrected chi connectivity index (χ0v) is 15.6. The Morgan fingerprint density at radius 3 is 2.35 bits per heavy atom. The highest BCUT2D eigenvalue weighted by Gasteiger charge is 2.34. The molecule has 0 radical (unpaired) electrons. The first-order valence-corrected chi connectivity index (χ1v) is 9.88. The Kier molecular flexibility index (Phi) is 5.41. The van der Waals surface area contributed by atoms with Crippen LogP contribution >= 0.6 is 0 Å². The number of amides is 1. The number of rotatable bonds is 4. The maximum atomic E-state index is 13.0. The van der Waals surface area contributed by atoms with Crippen molar-refractivity contribution in [2.24, 2.45) is 0 Å². The molecule has 1 saturated heterocycles. The molecule has 2 aromatic rings. The van der Waals surface area contributed by atoms with Crippen LogP contribution < -0.4 is 5.32 Å². The molecule has 2 unspecified atom stereocenters. The highest BCUT2D eigenvalue weighted by molar-refractivity contribution is 7.89. The van der Waals surface area contributed by atoms with Crippen LogP contribution in [0.15, 0.2) is 59.5 Å². The lowest BCUT2D eigenvalue weighted by atomic mass is 10.1. The summed E-state index contributed by atoms with van der Waals surface area (Å²) in [5.74, 6) is -0.201. The number of benzene rings is 2. The average molecular weight is 374 g/mol. The number of hydrogen-bond acceptors (Lipinski definition) is 4. The highest BCUT2D eigenvalue weighted by Crippen LogP contribution is 2.29. The van der Waals surface area contributed by atoms with Crippen LogP contribution in [-0.2, 0) is 19.6 Å². The van der Waals surface area contributed by atoms with Crippen LogP contribution in [0.25, 0.3) is 0 Å². The first-order chi connectivity index (χ1) is 12.4. The van der Waals surface area contributed by atoms with Crippen molar-refractivity contribution in [1.82, 2.24) is 4.31 Å². The highest BCUT2D eigenvalue weighted by atomic mass is 32.2. The summed E-state index contributed by atoms with van der Waals surface area (Å²) in [6.07, 6.45) is -0.504. The zero-order valence-electron chi connectivity index (χ0n) is 14.8. The molecule has 26 heavy (non-hydrogen) atoms. The lowest BCUT2D eigenvalue weighted by Gasteiger charge is -2.36. The van der Waals surface area contributed by atoms with Crippen molar-refractivity contribution in [2.75, 3.05) is 18.4 Å². The van der Waals surface area contributed by atoms with E-state index in [0.717, 1.165) is 5.56 Å². The van der Waals surface area contributed by atoms with Crippen molar-refractivity contribution in [1.29, 1.82) is 0 Å². The molecule has 7 heteroatoms.